The number of halogens is 2. The summed E-state index contributed by atoms with van der Waals surface area (Å²) < 4.78 is 14.3. The monoisotopic (exact) mass is 419 g/mol. The fraction of sp³-hybridized carbons (Fsp3) is 0.625. The van der Waals surface area contributed by atoms with Gasteiger partial charge in [0.25, 0.3) is 0 Å². The van der Waals surface area contributed by atoms with Crippen molar-refractivity contribution in [2.24, 2.45) is 0 Å². The van der Waals surface area contributed by atoms with Crippen LogP contribution in [0.5, 0.6) is 5.75 Å². The van der Waals surface area contributed by atoms with Gasteiger partial charge >= 0.3 is 0 Å². The molecule has 0 bridgehead atoms. The van der Waals surface area contributed by atoms with E-state index in [1.807, 2.05) is 7.05 Å². The molecular weight excluding hydrogens is 398 g/mol. The predicted molar refractivity (Wildman–Crippen MR) is 92.9 cm³/mol. The van der Waals surface area contributed by atoms with Gasteiger partial charge in [-0.05, 0) is 84.3 Å². The van der Waals surface area contributed by atoms with Crippen LogP contribution in [-0.2, 0) is 11.3 Å². The number of hydrogen-bond acceptors (Lipinski definition) is 3. The van der Waals surface area contributed by atoms with E-state index in [-0.39, 0.29) is 17.3 Å². The van der Waals surface area contributed by atoms with E-state index in [1.165, 1.54) is 5.56 Å². The van der Waals surface area contributed by atoms with Gasteiger partial charge in [0, 0.05) is 13.0 Å². The lowest BCUT2D eigenvalue weighted by Crippen LogP contribution is -2.36. The summed E-state index contributed by atoms with van der Waals surface area (Å²) in [6.07, 6.45) is 0.896. The Bertz CT molecular complexity index is 506. The molecule has 0 radical (unpaired) electrons. The van der Waals surface area contributed by atoms with Gasteiger partial charge in [0.2, 0.25) is 0 Å². The molecule has 1 aliphatic heterocycles. The van der Waals surface area contributed by atoms with Crippen molar-refractivity contribution in [3.63, 3.8) is 0 Å². The van der Waals surface area contributed by atoms with Crippen LogP contribution in [0.15, 0.2) is 21.1 Å². The minimum absolute atomic E-state index is 0.0234. The second-order valence-electron chi connectivity index (χ2n) is 6.69. The van der Waals surface area contributed by atoms with Crippen LogP contribution in [0.4, 0.5) is 0 Å². The van der Waals surface area contributed by atoms with Gasteiger partial charge in [-0.15, -0.1) is 0 Å². The smallest absolute Gasteiger partial charge is 0.148 e. The standard InChI is InChI=1S/C16H23Br2NO2/c1-15(2)8-13(16(3,4)21-15)20-14-11(17)6-10(9-19-5)7-12(14)18/h6-7,13,19H,8-9H2,1-5H3. The second kappa shape index (κ2) is 6.19. The predicted octanol–water partition coefficient (Wildman–Crippen LogP) is 4.66. The Morgan fingerprint density at radius 1 is 1.24 bits per heavy atom. The van der Waals surface area contributed by atoms with Crippen molar-refractivity contribution in [3.05, 3.63) is 26.6 Å². The molecule has 0 amide bonds. The lowest BCUT2D eigenvalue weighted by atomic mass is 9.97. The van der Waals surface area contributed by atoms with E-state index in [4.69, 9.17) is 9.47 Å². The summed E-state index contributed by atoms with van der Waals surface area (Å²) in [7, 11) is 1.94. The normalized spacial score (nSPS) is 23.3. The average Bonchev–Trinajstić information content (AvgIpc) is 2.52. The molecule has 1 unspecified atom stereocenters. The number of rotatable bonds is 4. The molecule has 0 aliphatic carbocycles. The van der Waals surface area contributed by atoms with Crippen molar-refractivity contribution in [2.45, 2.75) is 58.0 Å². The van der Waals surface area contributed by atoms with E-state index >= 15 is 0 Å². The minimum atomic E-state index is -0.300. The average molecular weight is 421 g/mol. The van der Waals surface area contributed by atoms with Crippen LogP contribution in [0.1, 0.15) is 39.7 Å². The van der Waals surface area contributed by atoms with Gasteiger partial charge in [0.1, 0.15) is 17.5 Å². The summed E-state index contributed by atoms with van der Waals surface area (Å²) in [5.41, 5.74) is 0.747. The van der Waals surface area contributed by atoms with Gasteiger partial charge in [-0.25, -0.2) is 0 Å². The molecule has 0 spiro atoms. The van der Waals surface area contributed by atoms with E-state index in [2.05, 4.69) is 77.0 Å². The first kappa shape index (κ1) is 17.3. The maximum absolute atomic E-state index is 6.28. The van der Waals surface area contributed by atoms with Gasteiger partial charge in [-0.1, -0.05) is 0 Å². The molecule has 1 N–H and O–H groups in total. The Hall–Kier alpha value is -0.100. The molecule has 3 nitrogen and oxygen atoms in total. The molecule has 1 aromatic rings. The van der Waals surface area contributed by atoms with Crippen molar-refractivity contribution in [2.75, 3.05) is 7.05 Å². The molecule has 21 heavy (non-hydrogen) atoms. The molecule has 2 rings (SSSR count). The zero-order valence-electron chi connectivity index (χ0n) is 13.2. The third-order valence-corrected chi connectivity index (χ3v) is 4.87. The number of hydrogen-bond donors (Lipinski definition) is 1. The quantitative estimate of drug-likeness (QED) is 0.768. The molecule has 1 fully saturated rings. The van der Waals surface area contributed by atoms with Crippen LogP contribution >= 0.6 is 31.9 Å². The van der Waals surface area contributed by atoms with Crippen molar-refractivity contribution in [1.82, 2.24) is 5.32 Å². The van der Waals surface area contributed by atoms with E-state index in [0.29, 0.717) is 0 Å². The highest BCUT2D eigenvalue weighted by atomic mass is 79.9. The van der Waals surface area contributed by atoms with Gasteiger partial charge in [0.15, 0.2) is 0 Å². The van der Waals surface area contributed by atoms with E-state index in [0.717, 1.165) is 27.7 Å². The number of nitrogens with one attached hydrogen (secondary N) is 1. The first-order valence-corrected chi connectivity index (χ1v) is 8.72. The van der Waals surface area contributed by atoms with Crippen LogP contribution in [0.25, 0.3) is 0 Å². The van der Waals surface area contributed by atoms with E-state index in [9.17, 15) is 0 Å². The zero-order valence-corrected chi connectivity index (χ0v) is 16.4. The van der Waals surface area contributed by atoms with Crippen molar-refractivity contribution >= 4 is 31.9 Å². The van der Waals surface area contributed by atoms with Crippen molar-refractivity contribution in [3.8, 4) is 5.75 Å². The van der Waals surface area contributed by atoms with Crippen LogP contribution in [0.2, 0.25) is 0 Å². The van der Waals surface area contributed by atoms with Crippen LogP contribution in [0.3, 0.4) is 0 Å². The van der Waals surface area contributed by atoms with E-state index in [1.54, 1.807) is 0 Å². The molecule has 0 saturated carbocycles. The lowest BCUT2D eigenvalue weighted by Gasteiger charge is -2.28. The van der Waals surface area contributed by atoms with Gasteiger partial charge < -0.3 is 14.8 Å². The summed E-state index contributed by atoms with van der Waals surface area (Å²) in [4.78, 5) is 0. The molecule has 1 atom stereocenters. The Morgan fingerprint density at radius 2 is 1.81 bits per heavy atom. The largest absolute Gasteiger partial charge is 0.485 e. The van der Waals surface area contributed by atoms with Crippen LogP contribution < -0.4 is 10.1 Å². The molecule has 0 aromatic heterocycles. The molecule has 1 heterocycles. The minimum Gasteiger partial charge on any atom is -0.485 e. The summed E-state index contributed by atoms with van der Waals surface area (Å²) in [6.45, 7) is 9.21. The van der Waals surface area contributed by atoms with Crippen LogP contribution in [0, 0.1) is 0 Å². The van der Waals surface area contributed by atoms with E-state index < -0.39 is 0 Å². The zero-order chi connectivity index (χ0) is 15.8. The van der Waals surface area contributed by atoms with Gasteiger partial charge in [-0.3, -0.25) is 0 Å². The lowest BCUT2D eigenvalue weighted by molar-refractivity contribution is -0.0847. The Balaban J connectivity index is 2.24. The molecule has 1 aliphatic rings. The Kier molecular flexibility index (Phi) is 5.08. The first-order valence-electron chi connectivity index (χ1n) is 7.14. The maximum Gasteiger partial charge on any atom is 0.148 e. The van der Waals surface area contributed by atoms with Gasteiger partial charge in [0.05, 0.1) is 14.5 Å². The fourth-order valence-corrected chi connectivity index (χ4v) is 4.34. The Morgan fingerprint density at radius 3 is 2.24 bits per heavy atom. The summed E-state index contributed by atoms with van der Waals surface area (Å²) >= 11 is 7.24. The molecule has 1 aromatic carbocycles. The molecule has 1 saturated heterocycles. The van der Waals surface area contributed by atoms with Crippen molar-refractivity contribution < 1.29 is 9.47 Å². The third kappa shape index (κ3) is 4.01. The fourth-order valence-electron chi connectivity index (χ4n) is 2.87. The third-order valence-electron chi connectivity index (χ3n) is 3.69. The molecule has 118 valence electrons. The molecule has 5 heteroatoms. The topological polar surface area (TPSA) is 30.5 Å². The summed E-state index contributed by atoms with van der Waals surface area (Å²) in [5, 5.41) is 3.15. The highest BCUT2D eigenvalue weighted by molar-refractivity contribution is 9.11. The maximum atomic E-state index is 6.28. The highest BCUT2D eigenvalue weighted by Crippen LogP contribution is 2.43. The highest BCUT2D eigenvalue weighted by Gasteiger charge is 2.47. The SMILES string of the molecule is CNCc1cc(Br)c(OC2CC(C)(C)OC2(C)C)c(Br)c1. The molecular formula is C16H23Br2NO2. The number of ether oxygens (including phenoxy) is 2. The Labute approximate surface area is 144 Å². The summed E-state index contributed by atoms with van der Waals surface area (Å²) in [5.74, 6) is 0.842. The van der Waals surface area contributed by atoms with Gasteiger partial charge in [-0.2, -0.15) is 0 Å². The summed E-state index contributed by atoms with van der Waals surface area (Å²) in [6, 6.07) is 4.18. The van der Waals surface area contributed by atoms with Crippen molar-refractivity contribution in [1.29, 1.82) is 0 Å². The van der Waals surface area contributed by atoms with Crippen LogP contribution in [-0.4, -0.2) is 24.4 Å². The number of benzene rings is 1. The second-order valence-corrected chi connectivity index (χ2v) is 8.40. The first-order chi connectivity index (χ1) is 9.64.